The van der Waals surface area contributed by atoms with Crippen LogP contribution in [0.15, 0.2) is 11.8 Å². The zero-order valence-electron chi connectivity index (χ0n) is 9.81. The molecule has 5 nitrogen and oxygen atoms in total. The molecule has 19 heavy (non-hydrogen) atoms. The molecule has 0 saturated heterocycles. The summed E-state index contributed by atoms with van der Waals surface area (Å²) in [4.78, 5) is 10.4. The molecule has 0 saturated carbocycles. The van der Waals surface area contributed by atoms with E-state index in [2.05, 4.69) is 4.18 Å². The highest BCUT2D eigenvalue weighted by atomic mass is 32.2. The lowest BCUT2D eigenvalue weighted by atomic mass is 9.89. The van der Waals surface area contributed by atoms with Crippen LogP contribution in [0.5, 0.6) is 0 Å². The van der Waals surface area contributed by atoms with Crippen LogP contribution in [0.25, 0.3) is 0 Å². The quantitative estimate of drug-likeness (QED) is 0.623. The number of aliphatic carboxylic acids is 1. The Morgan fingerprint density at radius 1 is 1.47 bits per heavy atom. The Morgan fingerprint density at radius 3 is 2.53 bits per heavy atom. The third-order valence-electron chi connectivity index (χ3n) is 2.74. The molecule has 0 amide bonds. The summed E-state index contributed by atoms with van der Waals surface area (Å²) < 4.78 is 61.7. The first-order valence-corrected chi connectivity index (χ1v) is 6.94. The van der Waals surface area contributed by atoms with Crippen molar-refractivity contribution >= 4 is 16.1 Å². The number of carboxylic acid groups (broad SMARTS) is 1. The van der Waals surface area contributed by atoms with Crippen molar-refractivity contribution in [2.24, 2.45) is 5.92 Å². The number of carboxylic acids is 1. The number of hydrogen-bond donors (Lipinski definition) is 1. The van der Waals surface area contributed by atoms with Gasteiger partial charge in [-0.1, -0.05) is 0 Å². The van der Waals surface area contributed by atoms with Gasteiger partial charge >= 0.3 is 21.6 Å². The smallest absolute Gasteiger partial charge is 0.481 e. The van der Waals surface area contributed by atoms with Gasteiger partial charge in [0, 0.05) is 12.8 Å². The summed E-state index contributed by atoms with van der Waals surface area (Å²) >= 11 is 0. The second-order valence-electron chi connectivity index (χ2n) is 4.23. The Morgan fingerprint density at radius 2 is 2.11 bits per heavy atom. The molecule has 0 heterocycles. The van der Waals surface area contributed by atoms with E-state index in [-0.39, 0.29) is 24.5 Å². The third kappa shape index (κ3) is 4.73. The monoisotopic (exact) mass is 302 g/mol. The number of halogens is 3. The van der Waals surface area contributed by atoms with Gasteiger partial charge in [0.2, 0.25) is 0 Å². The molecular formula is C10H13F3O5S. The molecule has 1 unspecified atom stereocenters. The van der Waals surface area contributed by atoms with Crippen molar-refractivity contribution in [2.75, 3.05) is 0 Å². The van der Waals surface area contributed by atoms with Gasteiger partial charge in [0.05, 0.1) is 0 Å². The third-order valence-corrected chi connectivity index (χ3v) is 3.74. The van der Waals surface area contributed by atoms with Crippen molar-refractivity contribution < 1.29 is 35.7 Å². The normalized spacial score (nSPS) is 20.8. The summed E-state index contributed by atoms with van der Waals surface area (Å²) in [6.07, 6.45) is 2.45. The maximum absolute atomic E-state index is 12.1. The summed E-state index contributed by atoms with van der Waals surface area (Å²) in [7, 11) is -5.60. The van der Waals surface area contributed by atoms with Crippen LogP contribution >= 0.6 is 0 Å². The maximum Gasteiger partial charge on any atom is 0.534 e. The Hall–Kier alpha value is -1.25. The van der Waals surface area contributed by atoms with E-state index in [4.69, 9.17) is 5.11 Å². The van der Waals surface area contributed by atoms with E-state index in [0.717, 1.165) is 0 Å². The lowest BCUT2D eigenvalue weighted by Crippen LogP contribution is -2.26. The van der Waals surface area contributed by atoms with Crippen LogP contribution in [0.2, 0.25) is 0 Å². The predicted molar refractivity (Wildman–Crippen MR) is 58.4 cm³/mol. The highest BCUT2D eigenvalue weighted by molar-refractivity contribution is 7.87. The number of alkyl halides is 3. The first-order valence-electron chi connectivity index (χ1n) is 5.53. The van der Waals surface area contributed by atoms with Crippen LogP contribution < -0.4 is 0 Å². The lowest BCUT2D eigenvalue weighted by molar-refractivity contribution is -0.137. The van der Waals surface area contributed by atoms with E-state index < -0.39 is 21.6 Å². The van der Waals surface area contributed by atoms with Crippen molar-refractivity contribution in [3.63, 3.8) is 0 Å². The molecule has 1 aliphatic rings. The lowest BCUT2D eigenvalue weighted by Gasteiger charge is -2.21. The van der Waals surface area contributed by atoms with Crippen LogP contribution in [0.1, 0.15) is 32.1 Å². The summed E-state index contributed by atoms with van der Waals surface area (Å²) in [5.41, 5.74) is -5.44. The Balaban J connectivity index is 2.54. The van der Waals surface area contributed by atoms with Gasteiger partial charge in [-0.15, -0.1) is 0 Å². The molecule has 1 N–H and O–H groups in total. The largest absolute Gasteiger partial charge is 0.534 e. The standard InChI is InChI=1S/C10H13F3O5S/c11-10(12,13)19(16,17)18-8-4-1-7(2-5-8)3-6-9(14)15/h4,7H,1-3,5-6H2,(H,14,15). The molecule has 0 aromatic rings. The molecule has 1 rings (SSSR count). The SMILES string of the molecule is O=C(O)CCC1CC=C(OS(=O)(=O)C(F)(F)F)CC1. The van der Waals surface area contributed by atoms with E-state index in [1.807, 2.05) is 0 Å². The highest BCUT2D eigenvalue weighted by Crippen LogP contribution is 2.32. The molecule has 1 atom stereocenters. The van der Waals surface area contributed by atoms with Crippen LogP contribution in [-0.2, 0) is 19.1 Å². The van der Waals surface area contributed by atoms with Crippen LogP contribution in [-0.4, -0.2) is 25.0 Å². The summed E-state index contributed by atoms with van der Waals surface area (Å²) in [5.74, 6) is -1.15. The van der Waals surface area contributed by atoms with Gasteiger partial charge in [0.1, 0.15) is 5.76 Å². The molecule has 0 aromatic heterocycles. The summed E-state index contributed by atoms with van der Waals surface area (Å²) in [5, 5.41) is 8.49. The zero-order valence-corrected chi connectivity index (χ0v) is 10.6. The van der Waals surface area contributed by atoms with Crippen LogP contribution in [0, 0.1) is 5.92 Å². The fourth-order valence-corrected chi connectivity index (χ4v) is 2.25. The highest BCUT2D eigenvalue weighted by Gasteiger charge is 2.48. The average molecular weight is 302 g/mol. The van der Waals surface area contributed by atoms with Crippen LogP contribution in [0.4, 0.5) is 13.2 Å². The van der Waals surface area contributed by atoms with Crippen molar-refractivity contribution in [1.29, 1.82) is 0 Å². The molecule has 1 aliphatic carbocycles. The van der Waals surface area contributed by atoms with E-state index in [0.29, 0.717) is 19.3 Å². The molecular weight excluding hydrogens is 289 g/mol. The predicted octanol–water partition coefficient (Wildman–Crippen LogP) is 2.40. The van der Waals surface area contributed by atoms with Crippen molar-refractivity contribution in [3.8, 4) is 0 Å². The zero-order chi connectivity index (χ0) is 14.7. The molecule has 0 radical (unpaired) electrons. The Bertz CT molecular complexity index is 466. The first kappa shape index (κ1) is 15.8. The minimum absolute atomic E-state index is 0.0183. The second-order valence-corrected chi connectivity index (χ2v) is 5.76. The van der Waals surface area contributed by atoms with Gasteiger partial charge in [0.15, 0.2) is 0 Å². The number of hydrogen-bond acceptors (Lipinski definition) is 4. The van der Waals surface area contributed by atoms with Gasteiger partial charge in [-0.3, -0.25) is 4.79 Å². The average Bonchev–Trinajstić information content (AvgIpc) is 2.26. The van der Waals surface area contributed by atoms with Crippen LogP contribution in [0.3, 0.4) is 0 Å². The number of carbonyl (C=O) groups is 1. The van der Waals surface area contributed by atoms with Crippen molar-refractivity contribution in [3.05, 3.63) is 11.8 Å². The Labute approximate surface area is 108 Å². The first-order chi connectivity index (χ1) is 8.62. The molecule has 9 heteroatoms. The Kier molecular flexibility index (Phi) is 4.83. The minimum Gasteiger partial charge on any atom is -0.481 e. The van der Waals surface area contributed by atoms with Gasteiger partial charge < -0.3 is 9.29 Å². The van der Waals surface area contributed by atoms with Gasteiger partial charge in [-0.05, 0) is 31.3 Å². The van der Waals surface area contributed by atoms with E-state index in [1.165, 1.54) is 6.08 Å². The molecule has 0 aromatic carbocycles. The van der Waals surface area contributed by atoms with E-state index in [9.17, 15) is 26.4 Å². The van der Waals surface area contributed by atoms with Crippen molar-refractivity contribution in [1.82, 2.24) is 0 Å². The number of allylic oxidation sites excluding steroid dienone is 2. The van der Waals surface area contributed by atoms with E-state index >= 15 is 0 Å². The molecule has 0 bridgehead atoms. The number of rotatable bonds is 5. The summed E-state index contributed by atoms with van der Waals surface area (Å²) in [6.45, 7) is 0. The minimum atomic E-state index is -5.60. The molecule has 110 valence electrons. The van der Waals surface area contributed by atoms with Gasteiger partial charge in [-0.2, -0.15) is 21.6 Å². The topological polar surface area (TPSA) is 80.7 Å². The molecule has 0 aliphatic heterocycles. The van der Waals surface area contributed by atoms with Crippen molar-refractivity contribution in [2.45, 2.75) is 37.6 Å². The second kappa shape index (κ2) is 5.81. The fourth-order valence-electron chi connectivity index (χ4n) is 1.72. The van der Waals surface area contributed by atoms with Gasteiger partial charge in [-0.25, -0.2) is 0 Å². The maximum atomic E-state index is 12.1. The fraction of sp³-hybridized carbons (Fsp3) is 0.700. The summed E-state index contributed by atoms with van der Waals surface area (Å²) in [6, 6.07) is 0. The van der Waals surface area contributed by atoms with Gasteiger partial charge in [0.25, 0.3) is 0 Å². The van der Waals surface area contributed by atoms with E-state index in [1.54, 1.807) is 0 Å². The molecule has 0 fully saturated rings. The molecule has 0 spiro atoms.